The molecule has 0 saturated heterocycles. The maximum atomic E-state index is 10.8. The number of nitro groups is 1. The zero-order valence-electron chi connectivity index (χ0n) is 14.5. The van der Waals surface area contributed by atoms with E-state index in [2.05, 4.69) is 28.1 Å². The van der Waals surface area contributed by atoms with Crippen molar-refractivity contribution in [3.05, 3.63) is 63.6 Å². The molecule has 7 nitrogen and oxygen atoms in total. The van der Waals surface area contributed by atoms with Crippen molar-refractivity contribution < 1.29 is 10.0 Å². The topological polar surface area (TPSA) is 84.4 Å². The molecule has 0 radical (unpaired) electrons. The molecular weight excluding hydrogens is 356 g/mol. The fraction of sp³-hybridized carbons (Fsp3) is 0.389. The molecule has 0 amide bonds. The first-order valence-electron chi connectivity index (χ1n) is 8.40. The van der Waals surface area contributed by atoms with E-state index in [0.717, 1.165) is 19.5 Å². The van der Waals surface area contributed by atoms with Gasteiger partial charge in [0.1, 0.15) is 6.20 Å². The number of aromatic nitrogens is 2. The number of aliphatic hydroxyl groups is 1. The highest BCUT2D eigenvalue weighted by atomic mass is 35.5. The lowest BCUT2D eigenvalue weighted by molar-refractivity contribution is -0.389. The average molecular weight is 377 g/mol. The molecule has 2 heterocycles. The second kappa shape index (κ2) is 7.57. The molecule has 3 rings (SSSR count). The van der Waals surface area contributed by atoms with Crippen molar-refractivity contribution in [3.63, 3.8) is 0 Å². The number of rotatable bonds is 6. The highest BCUT2D eigenvalue weighted by Gasteiger charge is 2.29. The molecular formula is C18H21ClN4O3. The summed E-state index contributed by atoms with van der Waals surface area (Å²) in [5, 5.41) is 21.5. The fourth-order valence-electron chi connectivity index (χ4n) is 3.25. The van der Waals surface area contributed by atoms with E-state index in [4.69, 9.17) is 11.6 Å². The molecule has 1 aromatic heterocycles. The first kappa shape index (κ1) is 18.6. The summed E-state index contributed by atoms with van der Waals surface area (Å²) < 4.78 is 1.41. The van der Waals surface area contributed by atoms with Crippen LogP contribution in [0, 0.1) is 10.1 Å². The minimum atomic E-state index is -1.09. The minimum absolute atomic E-state index is 0.00174. The van der Waals surface area contributed by atoms with Crippen LogP contribution in [0.3, 0.4) is 0 Å². The van der Waals surface area contributed by atoms with Gasteiger partial charge in [-0.15, -0.1) is 0 Å². The second-order valence-electron chi connectivity index (χ2n) is 6.83. The molecule has 0 spiro atoms. The monoisotopic (exact) mass is 376 g/mol. The number of hydrogen-bond acceptors (Lipinski definition) is 5. The van der Waals surface area contributed by atoms with Gasteiger partial charge in [-0.05, 0) is 46.0 Å². The minimum Gasteiger partial charge on any atom is -0.387 e. The number of halogens is 1. The van der Waals surface area contributed by atoms with Crippen molar-refractivity contribution >= 4 is 23.0 Å². The Balaban J connectivity index is 1.62. The van der Waals surface area contributed by atoms with Crippen molar-refractivity contribution in [1.29, 1.82) is 0 Å². The Hall–Kier alpha value is -2.22. The first-order chi connectivity index (χ1) is 12.3. The van der Waals surface area contributed by atoms with Gasteiger partial charge in [-0.25, -0.2) is 0 Å². The Bertz CT molecular complexity index is 817. The number of β-amino-alcohol motifs (C(OH)–C–C–N with tert-alkyl or cyclic N) is 1. The highest BCUT2D eigenvalue weighted by Crippen LogP contribution is 2.24. The van der Waals surface area contributed by atoms with Crippen LogP contribution in [0.2, 0.25) is 5.28 Å². The summed E-state index contributed by atoms with van der Waals surface area (Å²) in [5.41, 5.74) is 1.46. The zero-order valence-corrected chi connectivity index (χ0v) is 15.3. The van der Waals surface area contributed by atoms with E-state index >= 15 is 0 Å². The predicted octanol–water partition coefficient (Wildman–Crippen LogP) is 2.99. The summed E-state index contributed by atoms with van der Waals surface area (Å²) in [7, 11) is 0. The summed E-state index contributed by atoms with van der Waals surface area (Å²) >= 11 is 5.94. The van der Waals surface area contributed by atoms with Gasteiger partial charge in [-0.1, -0.05) is 36.4 Å². The molecule has 1 N–H and O–H groups in total. The van der Waals surface area contributed by atoms with E-state index < -0.39 is 10.5 Å². The molecule has 0 saturated carbocycles. The van der Waals surface area contributed by atoms with Crippen LogP contribution in [0.5, 0.6) is 0 Å². The number of nitrogens with zero attached hydrogens (tertiary/aromatic N) is 4. The molecule has 138 valence electrons. The van der Waals surface area contributed by atoms with Crippen molar-refractivity contribution in [2.24, 2.45) is 0 Å². The maximum Gasteiger partial charge on any atom is 0.383 e. The van der Waals surface area contributed by atoms with Gasteiger partial charge >= 0.3 is 11.1 Å². The van der Waals surface area contributed by atoms with E-state index in [-0.39, 0.29) is 17.6 Å². The second-order valence-corrected chi connectivity index (χ2v) is 7.17. The SMILES string of the molecule is C[C@](O)(CN1CC=C(c2ccccc2)CC1)Cn1cc([N+](=O)[O-])nc1Cl. The predicted molar refractivity (Wildman–Crippen MR) is 100.0 cm³/mol. The van der Waals surface area contributed by atoms with E-state index in [1.54, 1.807) is 6.92 Å². The number of imidazole rings is 1. The van der Waals surface area contributed by atoms with Gasteiger partial charge in [-0.2, -0.15) is 0 Å². The molecule has 1 aliphatic heterocycles. The van der Waals surface area contributed by atoms with Gasteiger partial charge < -0.3 is 15.2 Å². The maximum absolute atomic E-state index is 10.8. The Kier molecular flexibility index (Phi) is 5.41. The van der Waals surface area contributed by atoms with Crippen LogP contribution < -0.4 is 0 Å². The summed E-state index contributed by atoms with van der Waals surface area (Å²) in [6.45, 7) is 3.87. The van der Waals surface area contributed by atoms with E-state index in [0.29, 0.717) is 6.54 Å². The van der Waals surface area contributed by atoms with E-state index in [9.17, 15) is 15.2 Å². The lowest BCUT2D eigenvalue weighted by Crippen LogP contribution is -2.45. The Morgan fingerprint density at radius 1 is 1.35 bits per heavy atom. The zero-order chi connectivity index (χ0) is 18.7. The number of benzene rings is 1. The van der Waals surface area contributed by atoms with Gasteiger partial charge in [-0.3, -0.25) is 9.47 Å². The average Bonchev–Trinajstić information content (AvgIpc) is 2.96. The van der Waals surface area contributed by atoms with Crippen molar-refractivity contribution in [1.82, 2.24) is 14.5 Å². The van der Waals surface area contributed by atoms with Crippen LogP contribution in [0.4, 0.5) is 5.82 Å². The van der Waals surface area contributed by atoms with Crippen molar-refractivity contribution in [2.75, 3.05) is 19.6 Å². The Morgan fingerprint density at radius 2 is 2.08 bits per heavy atom. The van der Waals surface area contributed by atoms with Gasteiger partial charge in [0.15, 0.2) is 0 Å². The Labute approximate surface area is 156 Å². The molecule has 0 aliphatic carbocycles. The quantitative estimate of drug-likeness (QED) is 0.618. The van der Waals surface area contributed by atoms with Gasteiger partial charge in [0.25, 0.3) is 0 Å². The molecule has 1 atom stereocenters. The van der Waals surface area contributed by atoms with Crippen molar-refractivity contribution in [3.8, 4) is 0 Å². The molecule has 2 aromatic rings. The van der Waals surface area contributed by atoms with Crippen LogP contribution in [0.15, 0.2) is 42.6 Å². The Morgan fingerprint density at radius 3 is 2.65 bits per heavy atom. The van der Waals surface area contributed by atoms with Crippen LogP contribution in [0.1, 0.15) is 18.9 Å². The molecule has 0 bridgehead atoms. The molecule has 0 fully saturated rings. The third-order valence-corrected chi connectivity index (χ3v) is 4.72. The van der Waals surface area contributed by atoms with Crippen LogP contribution in [0.25, 0.3) is 5.57 Å². The van der Waals surface area contributed by atoms with E-state index in [1.165, 1.54) is 21.9 Å². The summed E-state index contributed by atoms with van der Waals surface area (Å²) in [5.74, 6) is -0.320. The smallest absolute Gasteiger partial charge is 0.383 e. The van der Waals surface area contributed by atoms with Gasteiger partial charge in [0.2, 0.25) is 0 Å². The summed E-state index contributed by atoms with van der Waals surface area (Å²) in [4.78, 5) is 16.0. The standard InChI is InChI=1S/C18H21ClN4O3/c1-18(24,13-22-11-16(23(25)26)20-17(22)19)12-21-9-7-15(8-10-21)14-5-3-2-4-6-14/h2-7,11,24H,8-10,12-13H2,1H3/t18-/m0/s1. The van der Waals surface area contributed by atoms with Gasteiger partial charge in [0.05, 0.1) is 12.1 Å². The third kappa shape index (κ3) is 4.49. The molecule has 8 heteroatoms. The molecule has 0 unspecified atom stereocenters. The van der Waals surface area contributed by atoms with Gasteiger partial charge in [0, 0.05) is 19.6 Å². The third-order valence-electron chi connectivity index (χ3n) is 4.42. The molecule has 1 aliphatic rings. The van der Waals surface area contributed by atoms with Crippen LogP contribution in [-0.4, -0.2) is 49.7 Å². The summed E-state index contributed by atoms with van der Waals surface area (Å²) in [6.07, 6.45) is 4.35. The lowest BCUT2D eigenvalue weighted by atomic mass is 9.98. The van der Waals surface area contributed by atoms with Crippen molar-refractivity contribution in [2.45, 2.75) is 25.5 Å². The largest absolute Gasteiger partial charge is 0.387 e. The highest BCUT2D eigenvalue weighted by molar-refractivity contribution is 6.28. The number of hydrogen-bond donors (Lipinski definition) is 1. The lowest BCUT2D eigenvalue weighted by Gasteiger charge is -2.33. The fourth-order valence-corrected chi connectivity index (χ4v) is 3.44. The van der Waals surface area contributed by atoms with Crippen LogP contribution >= 0.6 is 11.6 Å². The van der Waals surface area contributed by atoms with E-state index in [1.807, 2.05) is 18.2 Å². The first-order valence-corrected chi connectivity index (χ1v) is 8.78. The molecule has 26 heavy (non-hydrogen) atoms. The normalized spacial score (nSPS) is 17.6. The van der Waals surface area contributed by atoms with Crippen LogP contribution in [-0.2, 0) is 6.54 Å². The summed E-state index contributed by atoms with van der Waals surface area (Å²) in [6, 6.07) is 10.3. The molecule has 1 aromatic carbocycles.